The highest BCUT2D eigenvalue weighted by atomic mass is 16.5. The van der Waals surface area contributed by atoms with Crippen LogP contribution in [0.4, 0.5) is 0 Å². The minimum Gasteiger partial charge on any atom is -0.460 e. The quantitative estimate of drug-likeness (QED) is 0.741. The largest absolute Gasteiger partial charge is 0.460 e. The Morgan fingerprint density at radius 1 is 1.60 bits per heavy atom. The highest BCUT2D eigenvalue weighted by molar-refractivity contribution is 4.88. The molecule has 0 bridgehead atoms. The van der Waals surface area contributed by atoms with Crippen LogP contribution in [0, 0.1) is 0 Å². The maximum atomic E-state index is 5.63. The summed E-state index contributed by atoms with van der Waals surface area (Å²) in [6, 6.07) is 0.400. The standard InChI is InChI=1S/C9H16N4O2/c1-13-6-11-9(12-13)14-5-8-3-2-7(4-10)15-8/h6-8H,2-5,10H2,1H3. The van der Waals surface area contributed by atoms with Crippen molar-refractivity contribution in [2.24, 2.45) is 12.8 Å². The molecule has 2 N–H and O–H groups in total. The van der Waals surface area contributed by atoms with Crippen LogP contribution in [0.1, 0.15) is 12.8 Å². The number of aromatic nitrogens is 3. The fourth-order valence-electron chi connectivity index (χ4n) is 1.63. The van der Waals surface area contributed by atoms with Crippen LogP contribution in [0.5, 0.6) is 6.01 Å². The van der Waals surface area contributed by atoms with Gasteiger partial charge in [-0.15, -0.1) is 5.10 Å². The Kier molecular flexibility index (Phi) is 3.17. The summed E-state index contributed by atoms with van der Waals surface area (Å²) in [6.07, 6.45) is 3.93. The molecule has 0 aromatic carbocycles. The third-order valence-corrected chi connectivity index (χ3v) is 2.44. The van der Waals surface area contributed by atoms with Gasteiger partial charge in [0.05, 0.1) is 12.2 Å². The average molecular weight is 212 g/mol. The van der Waals surface area contributed by atoms with Crippen molar-refractivity contribution in [3.63, 3.8) is 0 Å². The number of nitrogens with two attached hydrogens (primary N) is 1. The Morgan fingerprint density at radius 2 is 2.40 bits per heavy atom. The van der Waals surface area contributed by atoms with Crippen LogP contribution in [-0.2, 0) is 11.8 Å². The molecular formula is C9H16N4O2. The van der Waals surface area contributed by atoms with Crippen LogP contribution >= 0.6 is 0 Å². The molecular weight excluding hydrogens is 196 g/mol. The second kappa shape index (κ2) is 4.59. The van der Waals surface area contributed by atoms with E-state index in [0.29, 0.717) is 19.2 Å². The van der Waals surface area contributed by atoms with Gasteiger partial charge in [-0.25, -0.2) is 0 Å². The van der Waals surface area contributed by atoms with Crippen LogP contribution in [-0.4, -0.2) is 40.1 Å². The number of aryl methyl sites for hydroxylation is 1. The molecule has 15 heavy (non-hydrogen) atoms. The fourth-order valence-corrected chi connectivity index (χ4v) is 1.63. The maximum Gasteiger partial charge on any atom is 0.335 e. The first-order chi connectivity index (χ1) is 7.28. The van der Waals surface area contributed by atoms with Crippen molar-refractivity contribution in [2.45, 2.75) is 25.0 Å². The molecule has 1 aliphatic rings. The summed E-state index contributed by atoms with van der Waals surface area (Å²) < 4.78 is 12.6. The van der Waals surface area contributed by atoms with E-state index in [1.165, 1.54) is 0 Å². The lowest BCUT2D eigenvalue weighted by molar-refractivity contribution is 0.0201. The topological polar surface area (TPSA) is 75.2 Å². The van der Waals surface area contributed by atoms with Gasteiger partial charge in [-0.05, 0) is 12.8 Å². The summed E-state index contributed by atoms with van der Waals surface area (Å²) in [5.74, 6) is 0. The summed E-state index contributed by atoms with van der Waals surface area (Å²) >= 11 is 0. The van der Waals surface area contributed by atoms with Gasteiger partial charge in [-0.3, -0.25) is 4.68 Å². The van der Waals surface area contributed by atoms with E-state index in [1.54, 1.807) is 18.1 Å². The third-order valence-electron chi connectivity index (χ3n) is 2.44. The normalized spacial score (nSPS) is 25.7. The lowest BCUT2D eigenvalue weighted by Gasteiger charge is -2.11. The van der Waals surface area contributed by atoms with Gasteiger partial charge in [-0.1, -0.05) is 0 Å². The van der Waals surface area contributed by atoms with Gasteiger partial charge in [0.1, 0.15) is 12.9 Å². The zero-order valence-electron chi connectivity index (χ0n) is 8.80. The van der Waals surface area contributed by atoms with Crippen LogP contribution in [0.25, 0.3) is 0 Å². The molecule has 1 aliphatic heterocycles. The van der Waals surface area contributed by atoms with Gasteiger partial charge in [0, 0.05) is 13.6 Å². The molecule has 1 saturated heterocycles. The van der Waals surface area contributed by atoms with E-state index in [4.69, 9.17) is 15.2 Å². The van der Waals surface area contributed by atoms with Crippen LogP contribution in [0.2, 0.25) is 0 Å². The summed E-state index contributed by atoms with van der Waals surface area (Å²) in [6.45, 7) is 1.08. The maximum absolute atomic E-state index is 5.63. The first-order valence-electron chi connectivity index (χ1n) is 5.12. The molecule has 2 rings (SSSR count). The highest BCUT2D eigenvalue weighted by Gasteiger charge is 2.24. The third kappa shape index (κ3) is 2.66. The van der Waals surface area contributed by atoms with E-state index in [9.17, 15) is 0 Å². The molecule has 1 aromatic rings. The SMILES string of the molecule is Cn1cnc(OCC2CCC(CN)O2)n1. The predicted molar refractivity (Wildman–Crippen MR) is 53.4 cm³/mol. The van der Waals surface area contributed by atoms with E-state index in [0.717, 1.165) is 12.8 Å². The molecule has 84 valence electrons. The molecule has 6 heteroatoms. The summed E-state index contributed by atoms with van der Waals surface area (Å²) in [5.41, 5.74) is 5.51. The molecule has 0 amide bonds. The Labute approximate surface area is 88.4 Å². The molecule has 2 unspecified atom stereocenters. The zero-order valence-corrected chi connectivity index (χ0v) is 8.80. The Bertz CT molecular complexity index is 315. The number of nitrogens with zero attached hydrogens (tertiary/aromatic N) is 3. The lowest BCUT2D eigenvalue weighted by atomic mass is 10.2. The Hall–Kier alpha value is -1.14. The minimum atomic E-state index is 0.127. The minimum absolute atomic E-state index is 0.127. The van der Waals surface area contributed by atoms with Crippen molar-refractivity contribution >= 4 is 0 Å². The number of hydrogen-bond donors (Lipinski definition) is 1. The van der Waals surface area contributed by atoms with Crippen LogP contribution < -0.4 is 10.5 Å². The van der Waals surface area contributed by atoms with Crippen molar-refractivity contribution in [1.29, 1.82) is 0 Å². The van der Waals surface area contributed by atoms with E-state index in [2.05, 4.69) is 10.1 Å². The molecule has 2 atom stereocenters. The fraction of sp³-hybridized carbons (Fsp3) is 0.778. The van der Waals surface area contributed by atoms with Gasteiger partial charge in [0.25, 0.3) is 0 Å². The molecule has 6 nitrogen and oxygen atoms in total. The second-order valence-corrected chi connectivity index (χ2v) is 3.70. The summed E-state index contributed by atoms with van der Waals surface area (Å²) in [4.78, 5) is 3.97. The molecule has 1 fully saturated rings. The summed E-state index contributed by atoms with van der Waals surface area (Å²) in [7, 11) is 1.80. The van der Waals surface area contributed by atoms with Crippen molar-refractivity contribution in [2.75, 3.05) is 13.2 Å². The van der Waals surface area contributed by atoms with Crippen molar-refractivity contribution in [3.8, 4) is 6.01 Å². The number of ether oxygens (including phenoxy) is 2. The van der Waals surface area contributed by atoms with Gasteiger partial charge < -0.3 is 15.2 Å². The molecule has 0 aliphatic carbocycles. The smallest absolute Gasteiger partial charge is 0.335 e. The molecule has 0 spiro atoms. The molecule has 2 heterocycles. The number of hydrogen-bond acceptors (Lipinski definition) is 5. The Balaban J connectivity index is 1.75. The second-order valence-electron chi connectivity index (χ2n) is 3.70. The first kappa shape index (κ1) is 10.4. The van der Waals surface area contributed by atoms with Crippen LogP contribution in [0.15, 0.2) is 6.33 Å². The van der Waals surface area contributed by atoms with E-state index in [1.807, 2.05) is 0 Å². The highest BCUT2D eigenvalue weighted by Crippen LogP contribution is 2.19. The van der Waals surface area contributed by atoms with Gasteiger partial charge in [-0.2, -0.15) is 4.98 Å². The van der Waals surface area contributed by atoms with E-state index < -0.39 is 0 Å². The molecule has 0 saturated carbocycles. The van der Waals surface area contributed by atoms with E-state index in [-0.39, 0.29) is 12.2 Å². The zero-order chi connectivity index (χ0) is 10.7. The van der Waals surface area contributed by atoms with Gasteiger partial charge >= 0.3 is 6.01 Å². The van der Waals surface area contributed by atoms with Gasteiger partial charge in [0.15, 0.2) is 0 Å². The van der Waals surface area contributed by atoms with E-state index >= 15 is 0 Å². The van der Waals surface area contributed by atoms with Crippen LogP contribution in [0.3, 0.4) is 0 Å². The van der Waals surface area contributed by atoms with Crippen molar-refractivity contribution < 1.29 is 9.47 Å². The molecule has 0 radical (unpaired) electrons. The molecule has 1 aromatic heterocycles. The lowest BCUT2D eigenvalue weighted by Crippen LogP contribution is -2.23. The monoisotopic (exact) mass is 212 g/mol. The van der Waals surface area contributed by atoms with Crippen molar-refractivity contribution in [3.05, 3.63) is 6.33 Å². The summed E-state index contributed by atoms with van der Waals surface area (Å²) in [5, 5.41) is 4.01. The number of rotatable bonds is 4. The first-order valence-corrected chi connectivity index (χ1v) is 5.12. The Morgan fingerprint density at radius 3 is 3.00 bits per heavy atom. The van der Waals surface area contributed by atoms with Gasteiger partial charge in [0.2, 0.25) is 0 Å². The van der Waals surface area contributed by atoms with Crippen molar-refractivity contribution in [1.82, 2.24) is 14.8 Å². The predicted octanol–water partition coefficient (Wildman–Crippen LogP) is -0.300. The average Bonchev–Trinajstić information content (AvgIpc) is 2.83.